The smallest absolute Gasteiger partial charge is 0.263 e. The van der Waals surface area contributed by atoms with Crippen LogP contribution in [0, 0.1) is 0 Å². The number of nitrogens with one attached hydrogen (secondary N) is 1. The van der Waals surface area contributed by atoms with Crippen molar-refractivity contribution in [2.24, 2.45) is 0 Å². The predicted molar refractivity (Wildman–Crippen MR) is 99.4 cm³/mol. The molecule has 138 valence electrons. The molecule has 0 spiro atoms. The summed E-state index contributed by atoms with van der Waals surface area (Å²) in [5.74, 6) is 0.0515. The lowest BCUT2D eigenvalue weighted by molar-refractivity contribution is 0.0720. The molecule has 0 bridgehead atoms. The molecule has 2 amide bonds. The molecule has 1 unspecified atom stereocenters. The Labute approximate surface area is 156 Å². The zero-order chi connectivity index (χ0) is 17.9. The lowest BCUT2D eigenvalue weighted by atomic mass is 10.2. The van der Waals surface area contributed by atoms with E-state index in [1.807, 2.05) is 11.0 Å². The number of rotatable bonds is 3. The molecule has 0 radical (unpaired) electrons. The summed E-state index contributed by atoms with van der Waals surface area (Å²) >= 11 is 1.60. The van der Waals surface area contributed by atoms with Crippen molar-refractivity contribution in [1.29, 1.82) is 0 Å². The molecule has 1 atom stereocenters. The van der Waals surface area contributed by atoms with E-state index in [1.165, 1.54) is 23.8 Å². The van der Waals surface area contributed by atoms with E-state index in [2.05, 4.69) is 11.4 Å². The molecule has 1 N–H and O–H groups in total. The van der Waals surface area contributed by atoms with Crippen molar-refractivity contribution in [3.8, 4) is 0 Å². The number of carbonyl (C=O) groups excluding carboxylic acids is 2. The van der Waals surface area contributed by atoms with Crippen LogP contribution >= 0.6 is 11.3 Å². The first-order valence-electron chi connectivity index (χ1n) is 9.16. The molecule has 0 aromatic carbocycles. The first-order chi connectivity index (χ1) is 12.7. The van der Waals surface area contributed by atoms with Gasteiger partial charge in [0, 0.05) is 37.1 Å². The maximum absolute atomic E-state index is 12.9. The molecule has 2 aliphatic heterocycles. The van der Waals surface area contributed by atoms with Crippen molar-refractivity contribution >= 4 is 23.2 Å². The van der Waals surface area contributed by atoms with Gasteiger partial charge in [-0.2, -0.15) is 0 Å². The number of thiophene rings is 1. The fraction of sp³-hybridized carbons (Fsp3) is 0.474. The first-order valence-corrected chi connectivity index (χ1v) is 9.98. The zero-order valence-corrected chi connectivity index (χ0v) is 15.5. The monoisotopic (exact) mass is 373 g/mol. The third-order valence-electron chi connectivity index (χ3n) is 5.08. The van der Waals surface area contributed by atoms with Gasteiger partial charge in [-0.3, -0.25) is 9.59 Å². The Kier molecular flexibility index (Phi) is 5.08. The van der Waals surface area contributed by atoms with Gasteiger partial charge in [0.25, 0.3) is 11.8 Å². The predicted octanol–water partition coefficient (Wildman–Crippen LogP) is 2.75. The van der Waals surface area contributed by atoms with Gasteiger partial charge in [0.05, 0.1) is 16.7 Å². The molecule has 2 aromatic rings. The van der Waals surface area contributed by atoms with Crippen LogP contribution in [-0.4, -0.2) is 54.3 Å². The van der Waals surface area contributed by atoms with E-state index in [0.717, 1.165) is 24.3 Å². The molecular formula is C19H23N3O3S. The standard InChI is InChI=1S/C19H23N3O3S/c23-18(14-6-12-25-13-14)21-8-2-9-22(11-10-21)19(24)17-5-4-16(26-17)15-3-1-7-20-15/h4-6,12-13,15,20H,1-3,7-11H2. The number of hydrogen-bond donors (Lipinski definition) is 1. The Bertz CT molecular complexity index is 765. The normalized spacial score (nSPS) is 21.0. The summed E-state index contributed by atoms with van der Waals surface area (Å²) in [7, 11) is 0. The Morgan fingerprint density at radius 2 is 1.85 bits per heavy atom. The molecule has 0 aliphatic carbocycles. The van der Waals surface area contributed by atoms with Crippen molar-refractivity contribution < 1.29 is 14.0 Å². The second-order valence-electron chi connectivity index (χ2n) is 6.80. The summed E-state index contributed by atoms with van der Waals surface area (Å²) in [5, 5.41) is 3.48. The minimum atomic E-state index is -0.0289. The number of hydrogen-bond acceptors (Lipinski definition) is 5. The third kappa shape index (κ3) is 3.54. The average Bonchev–Trinajstić information content (AvgIpc) is 3.39. The Balaban J connectivity index is 1.39. The summed E-state index contributed by atoms with van der Waals surface area (Å²) in [6.07, 6.45) is 6.11. The zero-order valence-electron chi connectivity index (χ0n) is 14.6. The van der Waals surface area contributed by atoms with Crippen LogP contribution in [0.15, 0.2) is 35.1 Å². The van der Waals surface area contributed by atoms with Crippen LogP contribution in [-0.2, 0) is 0 Å². The minimum Gasteiger partial charge on any atom is -0.472 e. The van der Waals surface area contributed by atoms with Gasteiger partial charge in [0.15, 0.2) is 0 Å². The fourth-order valence-corrected chi connectivity index (χ4v) is 4.72. The number of furan rings is 1. The molecule has 0 saturated carbocycles. The summed E-state index contributed by atoms with van der Waals surface area (Å²) in [5.41, 5.74) is 0.566. The average molecular weight is 373 g/mol. The number of carbonyl (C=O) groups is 2. The fourth-order valence-electron chi connectivity index (χ4n) is 3.63. The van der Waals surface area contributed by atoms with Crippen LogP contribution < -0.4 is 5.32 Å². The van der Waals surface area contributed by atoms with E-state index < -0.39 is 0 Å². The van der Waals surface area contributed by atoms with Gasteiger partial charge in [0.1, 0.15) is 6.26 Å². The van der Waals surface area contributed by atoms with Crippen molar-refractivity contribution in [2.75, 3.05) is 32.7 Å². The van der Waals surface area contributed by atoms with Gasteiger partial charge >= 0.3 is 0 Å². The van der Waals surface area contributed by atoms with E-state index >= 15 is 0 Å². The quantitative estimate of drug-likeness (QED) is 0.898. The highest BCUT2D eigenvalue weighted by molar-refractivity contribution is 7.14. The number of amides is 2. The highest BCUT2D eigenvalue weighted by atomic mass is 32.1. The topological polar surface area (TPSA) is 65.8 Å². The number of nitrogens with zero attached hydrogens (tertiary/aromatic N) is 2. The summed E-state index contributed by atoms with van der Waals surface area (Å²) in [6.45, 7) is 3.52. The second-order valence-corrected chi connectivity index (χ2v) is 7.92. The summed E-state index contributed by atoms with van der Waals surface area (Å²) < 4.78 is 5.00. The van der Waals surface area contributed by atoms with Crippen molar-refractivity contribution in [1.82, 2.24) is 15.1 Å². The van der Waals surface area contributed by atoms with E-state index in [9.17, 15) is 9.59 Å². The molecule has 7 heteroatoms. The van der Waals surface area contributed by atoms with E-state index in [0.29, 0.717) is 37.8 Å². The van der Waals surface area contributed by atoms with Crippen molar-refractivity contribution in [3.05, 3.63) is 46.0 Å². The van der Waals surface area contributed by atoms with E-state index in [1.54, 1.807) is 22.3 Å². The van der Waals surface area contributed by atoms with Crippen LogP contribution in [0.4, 0.5) is 0 Å². The molecule has 4 rings (SSSR count). The summed E-state index contributed by atoms with van der Waals surface area (Å²) in [4.78, 5) is 31.1. The lowest BCUT2D eigenvalue weighted by Crippen LogP contribution is -2.37. The van der Waals surface area contributed by atoms with Gasteiger partial charge < -0.3 is 19.5 Å². The van der Waals surface area contributed by atoms with Crippen molar-refractivity contribution in [2.45, 2.75) is 25.3 Å². The van der Waals surface area contributed by atoms with Crippen molar-refractivity contribution in [3.63, 3.8) is 0 Å². The summed E-state index contributed by atoms with van der Waals surface area (Å²) in [6, 6.07) is 6.10. The van der Waals surface area contributed by atoms with Gasteiger partial charge in [-0.25, -0.2) is 0 Å². The molecule has 2 aliphatic rings. The van der Waals surface area contributed by atoms with Gasteiger partial charge in [-0.05, 0) is 44.0 Å². The molecule has 2 aromatic heterocycles. The SMILES string of the molecule is O=C(c1ccoc1)N1CCCN(C(=O)c2ccc(C3CCCN3)s2)CC1. The molecule has 2 fully saturated rings. The molecular weight excluding hydrogens is 350 g/mol. The van der Waals surface area contributed by atoms with Gasteiger partial charge in [-0.1, -0.05) is 0 Å². The van der Waals surface area contributed by atoms with Crippen LogP contribution in [0.25, 0.3) is 0 Å². The van der Waals surface area contributed by atoms with E-state index in [4.69, 9.17) is 4.42 Å². The lowest BCUT2D eigenvalue weighted by Gasteiger charge is -2.21. The second kappa shape index (κ2) is 7.63. The minimum absolute atomic E-state index is 0.0289. The van der Waals surface area contributed by atoms with Crippen LogP contribution in [0.1, 0.15) is 50.2 Å². The third-order valence-corrected chi connectivity index (χ3v) is 6.27. The van der Waals surface area contributed by atoms with Crippen LogP contribution in [0.2, 0.25) is 0 Å². The first kappa shape index (κ1) is 17.3. The van der Waals surface area contributed by atoms with Gasteiger partial charge in [-0.15, -0.1) is 11.3 Å². The largest absolute Gasteiger partial charge is 0.472 e. The Morgan fingerprint density at radius 3 is 2.54 bits per heavy atom. The Hall–Kier alpha value is -2.12. The van der Waals surface area contributed by atoms with Gasteiger partial charge in [0.2, 0.25) is 0 Å². The maximum atomic E-state index is 12.9. The van der Waals surface area contributed by atoms with E-state index in [-0.39, 0.29) is 11.8 Å². The highest BCUT2D eigenvalue weighted by Gasteiger charge is 2.26. The molecule has 26 heavy (non-hydrogen) atoms. The highest BCUT2D eigenvalue weighted by Crippen LogP contribution is 2.30. The molecule has 2 saturated heterocycles. The maximum Gasteiger partial charge on any atom is 0.263 e. The molecule has 4 heterocycles. The molecule has 6 nitrogen and oxygen atoms in total. The van der Waals surface area contributed by atoms with Crippen LogP contribution in [0.5, 0.6) is 0 Å². The van der Waals surface area contributed by atoms with Crippen LogP contribution in [0.3, 0.4) is 0 Å². The Morgan fingerprint density at radius 1 is 1.04 bits per heavy atom.